The molecule has 0 saturated carbocycles. The number of hydrogen-bond acceptors (Lipinski definition) is 11. The van der Waals surface area contributed by atoms with Crippen molar-refractivity contribution in [1.29, 1.82) is 0 Å². The summed E-state index contributed by atoms with van der Waals surface area (Å²) in [6, 6.07) is 17.7. The maximum Gasteiger partial charge on any atom is 0.219 e. The van der Waals surface area contributed by atoms with E-state index in [0.29, 0.717) is 55.1 Å². The number of nitrogens with zero attached hydrogens (tertiary/aromatic N) is 7. The molecule has 53 heavy (non-hydrogen) atoms. The molecule has 5 heterocycles. The maximum absolute atomic E-state index is 11.7. The minimum Gasteiger partial charge on any atom is -0.497 e. The highest BCUT2D eigenvalue weighted by Crippen LogP contribution is 2.36. The first-order valence-corrected chi connectivity index (χ1v) is 17.3. The topological polar surface area (TPSA) is 140 Å². The van der Waals surface area contributed by atoms with Crippen LogP contribution in [0.25, 0.3) is 22.0 Å². The molecule has 1 amide bonds. The summed E-state index contributed by atoms with van der Waals surface area (Å²) >= 11 is 0. The number of carbonyl (C=O) groups excluding carboxylic acids is 1. The molecule has 2 aromatic carbocycles. The highest BCUT2D eigenvalue weighted by atomic mass is 16.5. The van der Waals surface area contributed by atoms with Crippen LogP contribution in [-0.4, -0.2) is 75.1 Å². The summed E-state index contributed by atoms with van der Waals surface area (Å²) in [5.41, 5.74) is 6.09. The van der Waals surface area contributed by atoms with E-state index in [9.17, 15) is 9.90 Å². The van der Waals surface area contributed by atoms with Crippen molar-refractivity contribution in [2.45, 2.75) is 39.6 Å². The molecule has 6 aromatic rings. The van der Waals surface area contributed by atoms with E-state index in [1.165, 1.54) is 0 Å². The Bertz CT molecular complexity index is 2210. The summed E-state index contributed by atoms with van der Waals surface area (Å²) in [7, 11) is 4.88. The lowest BCUT2D eigenvalue weighted by molar-refractivity contribution is -0.134. The number of likely N-dealkylation sites (tertiary alicyclic amines) is 1. The third kappa shape index (κ3) is 7.42. The SMILES string of the molecule is COc1ccc(CN(Cc2ccc(OC)cc2OC)c2nc(-c3cnccc3C)cc3cc(Nc4cnn(C5CN(C(C)=O)C5)c4)ncc23)c(CO)c1. The second-order valence-electron chi connectivity index (χ2n) is 13.1. The molecule has 4 aromatic heterocycles. The average Bonchev–Trinajstić information content (AvgIpc) is 3.61. The van der Waals surface area contributed by atoms with E-state index < -0.39 is 0 Å². The van der Waals surface area contributed by atoms with Crippen molar-refractivity contribution < 1.29 is 24.1 Å². The van der Waals surface area contributed by atoms with Crippen molar-refractivity contribution in [2.75, 3.05) is 44.6 Å². The van der Waals surface area contributed by atoms with Crippen LogP contribution in [0.4, 0.5) is 17.3 Å². The molecule has 13 heteroatoms. The maximum atomic E-state index is 11.7. The van der Waals surface area contributed by atoms with Gasteiger partial charge in [0.15, 0.2) is 0 Å². The number of amides is 1. The van der Waals surface area contributed by atoms with Gasteiger partial charge in [0.2, 0.25) is 5.91 Å². The van der Waals surface area contributed by atoms with E-state index in [0.717, 1.165) is 50.0 Å². The van der Waals surface area contributed by atoms with E-state index in [-0.39, 0.29) is 18.6 Å². The summed E-state index contributed by atoms with van der Waals surface area (Å²) < 4.78 is 18.7. The van der Waals surface area contributed by atoms with Gasteiger partial charge in [-0.2, -0.15) is 5.10 Å². The molecular formula is C40H42N8O5. The van der Waals surface area contributed by atoms with Gasteiger partial charge >= 0.3 is 0 Å². The molecule has 13 nitrogen and oxygen atoms in total. The molecule has 272 valence electrons. The minimum atomic E-state index is -0.155. The number of rotatable bonds is 13. The largest absolute Gasteiger partial charge is 0.497 e. The number of fused-ring (bicyclic) bond motifs is 1. The van der Waals surface area contributed by atoms with Crippen LogP contribution in [0.2, 0.25) is 0 Å². The van der Waals surface area contributed by atoms with Crippen molar-refractivity contribution >= 4 is 34.0 Å². The fourth-order valence-electron chi connectivity index (χ4n) is 6.57. The zero-order valence-corrected chi connectivity index (χ0v) is 30.4. The minimum absolute atomic E-state index is 0.0707. The number of aliphatic hydroxyl groups excluding tert-OH is 1. The van der Waals surface area contributed by atoms with Gasteiger partial charge in [0.1, 0.15) is 28.9 Å². The first-order valence-electron chi connectivity index (χ1n) is 17.3. The van der Waals surface area contributed by atoms with E-state index in [2.05, 4.69) is 26.4 Å². The lowest BCUT2D eigenvalue weighted by Gasteiger charge is -2.38. The quantitative estimate of drug-likeness (QED) is 0.144. The lowest BCUT2D eigenvalue weighted by atomic mass is 10.0. The van der Waals surface area contributed by atoms with Gasteiger partial charge in [-0.3, -0.25) is 14.5 Å². The highest BCUT2D eigenvalue weighted by molar-refractivity contribution is 5.96. The number of aliphatic hydroxyl groups is 1. The Balaban J connectivity index is 1.32. The summed E-state index contributed by atoms with van der Waals surface area (Å²) in [6.07, 6.45) is 9.15. The van der Waals surface area contributed by atoms with Crippen molar-refractivity contribution in [3.05, 3.63) is 108 Å². The molecule has 0 bridgehead atoms. The van der Waals surface area contributed by atoms with Gasteiger partial charge in [-0.1, -0.05) is 6.07 Å². The van der Waals surface area contributed by atoms with E-state index in [1.54, 1.807) is 45.5 Å². The molecular weight excluding hydrogens is 672 g/mol. The third-order valence-corrected chi connectivity index (χ3v) is 9.67. The Morgan fingerprint density at radius 2 is 1.68 bits per heavy atom. The summed E-state index contributed by atoms with van der Waals surface area (Å²) in [6.45, 7) is 5.59. The van der Waals surface area contributed by atoms with Crippen LogP contribution in [0.15, 0.2) is 85.6 Å². The molecule has 2 N–H and O–H groups in total. The molecule has 0 radical (unpaired) electrons. The van der Waals surface area contributed by atoms with Gasteiger partial charge < -0.3 is 34.4 Å². The third-order valence-electron chi connectivity index (χ3n) is 9.67. The van der Waals surface area contributed by atoms with Gasteiger partial charge in [0.05, 0.1) is 51.6 Å². The molecule has 1 aliphatic heterocycles. The Hall–Kier alpha value is -6.21. The Morgan fingerprint density at radius 3 is 2.40 bits per heavy atom. The van der Waals surface area contributed by atoms with Crippen molar-refractivity contribution in [3.63, 3.8) is 0 Å². The Labute approximate surface area is 307 Å². The zero-order valence-electron chi connectivity index (χ0n) is 30.4. The smallest absolute Gasteiger partial charge is 0.219 e. The highest BCUT2D eigenvalue weighted by Gasteiger charge is 2.30. The van der Waals surface area contributed by atoms with Crippen LogP contribution in [0.3, 0.4) is 0 Å². The molecule has 0 aliphatic carbocycles. The van der Waals surface area contributed by atoms with Crippen LogP contribution in [0.1, 0.15) is 35.2 Å². The molecule has 0 unspecified atom stereocenters. The number of ether oxygens (including phenoxy) is 3. The standard InChI is InChI=1S/C40H42N8O5/c1-25-10-11-41-17-35(25)37-13-29-14-39(44-31-16-43-48(21-31)32-22-46(23-32)26(2)50)42-18-36(29)40(45-37)47(19-27-6-8-33(51-3)12-30(27)24-49)20-28-7-9-34(52-4)15-38(28)53-5/h6-18,21,32,49H,19-20,22-24H2,1-5H3,(H,42,44). The number of pyridine rings is 3. The fourth-order valence-corrected chi connectivity index (χ4v) is 6.57. The number of nitrogens with one attached hydrogen (secondary N) is 1. The van der Waals surface area contributed by atoms with Crippen molar-refractivity contribution in [2.24, 2.45) is 0 Å². The number of methoxy groups -OCH3 is 3. The average molecular weight is 715 g/mol. The van der Waals surface area contributed by atoms with Gasteiger partial charge in [0.25, 0.3) is 0 Å². The fraction of sp³-hybridized carbons (Fsp3) is 0.275. The molecule has 1 fully saturated rings. The van der Waals surface area contributed by atoms with Crippen LogP contribution in [0, 0.1) is 6.92 Å². The number of benzene rings is 2. The number of aryl methyl sites for hydroxylation is 1. The van der Waals surface area contributed by atoms with Crippen LogP contribution >= 0.6 is 0 Å². The van der Waals surface area contributed by atoms with Gasteiger partial charge in [-0.25, -0.2) is 9.97 Å². The monoisotopic (exact) mass is 714 g/mol. The molecule has 1 aliphatic rings. The van der Waals surface area contributed by atoms with Crippen molar-refractivity contribution in [3.8, 4) is 28.5 Å². The first-order chi connectivity index (χ1) is 25.8. The molecule has 0 atom stereocenters. The number of anilines is 3. The number of carbonyl (C=O) groups is 1. The van der Waals surface area contributed by atoms with E-state index in [1.807, 2.05) is 78.7 Å². The Morgan fingerprint density at radius 1 is 0.925 bits per heavy atom. The predicted octanol–water partition coefficient (Wildman–Crippen LogP) is 6.07. The van der Waals surface area contributed by atoms with Crippen LogP contribution < -0.4 is 24.4 Å². The summed E-state index contributed by atoms with van der Waals surface area (Å²) in [5.74, 6) is 3.44. The molecule has 1 saturated heterocycles. The molecule has 0 spiro atoms. The normalized spacial score (nSPS) is 12.8. The summed E-state index contributed by atoms with van der Waals surface area (Å²) in [5, 5.41) is 20.1. The van der Waals surface area contributed by atoms with E-state index in [4.69, 9.17) is 24.2 Å². The Kier molecular flexibility index (Phi) is 10.1. The van der Waals surface area contributed by atoms with Crippen molar-refractivity contribution in [1.82, 2.24) is 29.6 Å². The number of aromatic nitrogens is 5. The number of hydrogen-bond donors (Lipinski definition) is 2. The predicted molar refractivity (Wildman–Crippen MR) is 203 cm³/mol. The van der Waals surface area contributed by atoms with E-state index >= 15 is 0 Å². The van der Waals surface area contributed by atoms with Crippen LogP contribution in [0.5, 0.6) is 17.2 Å². The second kappa shape index (κ2) is 15.2. The second-order valence-corrected chi connectivity index (χ2v) is 13.1. The van der Waals surface area contributed by atoms with Gasteiger partial charge in [-0.15, -0.1) is 0 Å². The lowest BCUT2D eigenvalue weighted by Crippen LogP contribution is -2.49. The van der Waals surface area contributed by atoms with Crippen LogP contribution in [-0.2, 0) is 24.5 Å². The first kappa shape index (κ1) is 35.2. The van der Waals surface area contributed by atoms with Gasteiger partial charge in [0, 0.05) is 80.5 Å². The van der Waals surface area contributed by atoms with Gasteiger partial charge in [-0.05, 0) is 71.5 Å². The summed E-state index contributed by atoms with van der Waals surface area (Å²) in [4.78, 5) is 30.2. The zero-order chi connectivity index (χ0) is 37.1. The molecule has 7 rings (SSSR count).